The first kappa shape index (κ1) is 6.67. The van der Waals surface area contributed by atoms with Crippen LogP contribution in [-0.4, -0.2) is 4.73 Å². The second-order valence-electron chi connectivity index (χ2n) is 2.03. The Hall–Kier alpha value is -1.45. The number of hydrogen-bond acceptors (Lipinski definition) is 3. The van der Waals surface area contributed by atoms with E-state index >= 15 is 0 Å². The van der Waals surface area contributed by atoms with Crippen LogP contribution in [0.25, 0.3) is 0 Å². The van der Waals surface area contributed by atoms with Gasteiger partial charge in [0, 0.05) is 17.4 Å². The van der Waals surface area contributed by atoms with Crippen molar-refractivity contribution in [1.82, 2.24) is 4.73 Å². The smallest absolute Gasteiger partial charge is 0.250 e. The number of hydrogen-bond donors (Lipinski definition) is 1. The molecule has 0 atom stereocenters. The van der Waals surface area contributed by atoms with E-state index < -0.39 is 5.56 Å². The Morgan fingerprint density at radius 3 is 2.80 bits per heavy atom. The molecule has 0 aromatic carbocycles. The number of nitrogens with zero attached hydrogens (tertiary/aromatic N) is 1. The van der Waals surface area contributed by atoms with Crippen molar-refractivity contribution in [2.75, 3.05) is 5.73 Å². The summed E-state index contributed by atoms with van der Waals surface area (Å²) in [5.74, 6) is 0. The molecule has 0 aliphatic carbocycles. The third kappa shape index (κ3) is 0.834. The number of aromatic nitrogens is 1. The Balaban J connectivity index is 3.50. The van der Waals surface area contributed by atoms with E-state index in [0.717, 1.165) is 6.20 Å². The minimum atomic E-state index is -0.583. The molecule has 0 spiro atoms. The Labute approximate surface area is 57.5 Å². The standard InChI is InChI=1S/C6H7N2O2/c1-4-5(7)2-3-8(10)6(4)9/h2-3H,7H2,1H3/q-1. The maximum Gasteiger partial charge on any atom is 0.250 e. The summed E-state index contributed by atoms with van der Waals surface area (Å²) in [6.07, 6.45) is 1.10. The van der Waals surface area contributed by atoms with E-state index in [-0.39, 0.29) is 4.73 Å². The van der Waals surface area contributed by atoms with Crippen molar-refractivity contribution < 1.29 is 0 Å². The third-order valence-corrected chi connectivity index (χ3v) is 1.34. The van der Waals surface area contributed by atoms with Crippen LogP contribution in [0.1, 0.15) is 5.56 Å². The molecular formula is C6H7N2O2-. The summed E-state index contributed by atoms with van der Waals surface area (Å²) in [7, 11) is 0. The summed E-state index contributed by atoms with van der Waals surface area (Å²) < 4.78 is 0.256. The normalized spacial score (nSPS) is 9.70. The van der Waals surface area contributed by atoms with Crippen LogP contribution in [0.4, 0.5) is 5.69 Å². The molecule has 0 radical (unpaired) electrons. The van der Waals surface area contributed by atoms with Gasteiger partial charge in [-0.1, -0.05) is 0 Å². The first-order chi connectivity index (χ1) is 4.63. The quantitative estimate of drug-likeness (QED) is 0.553. The molecule has 0 saturated heterocycles. The van der Waals surface area contributed by atoms with Crippen LogP contribution in [0.3, 0.4) is 0 Å². The predicted molar refractivity (Wildman–Crippen MR) is 38.6 cm³/mol. The molecular weight excluding hydrogens is 132 g/mol. The van der Waals surface area contributed by atoms with Gasteiger partial charge in [-0.15, -0.1) is 0 Å². The molecule has 1 aromatic rings. The summed E-state index contributed by atoms with van der Waals surface area (Å²) in [4.78, 5) is 10.8. The molecule has 54 valence electrons. The van der Waals surface area contributed by atoms with Crippen molar-refractivity contribution in [3.63, 3.8) is 0 Å². The molecule has 0 aliphatic heterocycles. The van der Waals surface area contributed by atoms with Crippen LogP contribution in [0, 0.1) is 12.1 Å². The molecule has 2 N–H and O–H groups in total. The van der Waals surface area contributed by atoms with Gasteiger partial charge in [-0.05, 0) is 13.0 Å². The van der Waals surface area contributed by atoms with Gasteiger partial charge >= 0.3 is 0 Å². The Morgan fingerprint density at radius 1 is 1.70 bits per heavy atom. The average molecular weight is 139 g/mol. The molecule has 0 unspecified atom stereocenters. The van der Waals surface area contributed by atoms with Gasteiger partial charge in [0.15, 0.2) is 0 Å². The van der Waals surface area contributed by atoms with Crippen LogP contribution in [0.15, 0.2) is 17.1 Å². The van der Waals surface area contributed by atoms with Crippen molar-refractivity contribution in [2.45, 2.75) is 6.92 Å². The van der Waals surface area contributed by atoms with Gasteiger partial charge in [0.2, 0.25) is 0 Å². The molecule has 0 saturated carbocycles. The topological polar surface area (TPSA) is 71.1 Å². The highest BCUT2D eigenvalue weighted by Gasteiger charge is 1.95. The van der Waals surface area contributed by atoms with Crippen LogP contribution in [0.5, 0.6) is 0 Å². The largest absolute Gasteiger partial charge is 0.803 e. The van der Waals surface area contributed by atoms with E-state index in [4.69, 9.17) is 5.73 Å². The fourth-order valence-electron chi connectivity index (χ4n) is 0.629. The van der Waals surface area contributed by atoms with E-state index in [9.17, 15) is 10.0 Å². The lowest BCUT2D eigenvalue weighted by Gasteiger charge is -2.09. The van der Waals surface area contributed by atoms with Gasteiger partial charge in [0.25, 0.3) is 5.56 Å². The highest BCUT2D eigenvalue weighted by molar-refractivity contribution is 5.43. The SMILES string of the molecule is Cc1c(N)ccn([O-])c1=O. The first-order valence-corrected chi connectivity index (χ1v) is 2.78. The molecule has 0 bridgehead atoms. The van der Waals surface area contributed by atoms with E-state index in [2.05, 4.69) is 0 Å². The number of pyridine rings is 1. The fraction of sp³-hybridized carbons (Fsp3) is 0.167. The first-order valence-electron chi connectivity index (χ1n) is 2.78. The third-order valence-electron chi connectivity index (χ3n) is 1.34. The second kappa shape index (κ2) is 2.06. The van der Waals surface area contributed by atoms with Crippen molar-refractivity contribution in [3.8, 4) is 0 Å². The Bertz CT molecular complexity index is 303. The minimum Gasteiger partial charge on any atom is -0.803 e. The van der Waals surface area contributed by atoms with Gasteiger partial charge in [0.05, 0.1) is 0 Å². The van der Waals surface area contributed by atoms with Crippen LogP contribution >= 0.6 is 0 Å². The van der Waals surface area contributed by atoms with Crippen molar-refractivity contribution >= 4 is 5.69 Å². The van der Waals surface area contributed by atoms with Crippen molar-refractivity contribution in [3.05, 3.63) is 33.4 Å². The van der Waals surface area contributed by atoms with Gasteiger partial charge in [-0.2, -0.15) is 0 Å². The molecule has 0 fully saturated rings. The lowest BCUT2D eigenvalue weighted by molar-refractivity contribution is 0.985. The van der Waals surface area contributed by atoms with Gasteiger partial charge in [0.1, 0.15) is 0 Å². The monoisotopic (exact) mass is 139 g/mol. The summed E-state index contributed by atoms with van der Waals surface area (Å²) >= 11 is 0. The van der Waals surface area contributed by atoms with Crippen molar-refractivity contribution in [2.24, 2.45) is 0 Å². The minimum absolute atomic E-state index is 0.256. The highest BCUT2D eigenvalue weighted by Crippen LogP contribution is 2.01. The highest BCUT2D eigenvalue weighted by atomic mass is 16.5. The molecule has 4 nitrogen and oxygen atoms in total. The average Bonchev–Trinajstić information content (AvgIpc) is 1.93. The number of nitrogens with two attached hydrogens (primary N) is 1. The fourth-order valence-corrected chi connectivity index (χ4v) is 0.629. The summed E-state index contributed by atoms with van der Waals surface area (Å²) in [6, 6.07) is 1.41. The molecule has 1 aromatic heterocycles. The van der Waals surface area contributed by atoms with E-state index in [1.54, 1.807) is 0 Å². The molecule has 1 rings (SSSR count). The van der Waals surface area contributed by atoms with Crippen molar-refractivity contribution in [1.29, 1.82) is 0 Å². The maximum absolute atomic E-state index is 10.8. The molecule has 10 heavy (non-hydrogen) atoms. The second-order valence-corrected chi connectivity index (χ2v) is 2.03. The van der Waals surface area contributed by atoms with Crippen LogP contribution in [-0.2, 0) is 0 Å². The molecule has 0 aliphatic rings. The zero-order valence-corrected chi connectivity index (χ0v) is 5.50. The molecule has 0 amide bonds. The van der Waals surface area contributed by atoms with E-state index in [1.165, 1.54) is 13.0 Å². The summed E-state index contributed by atoms with van der Waals surface area (Å²) in [5.41, 5.74) is 5.42. The van der Waals surface area contributed by atoms with Gasteiger partial charge < -0.3 is 15.7 Å². The summed E-state index contributed by atoms with van der Waals surface area (Å²) in [5, 5.41) is 10.5. The Kier molecular flexibility index (Phi) is 1.37. The Morgan fingerprint density at radius 2 is 2.30 bits per heavy atom. The number of anilines is 1. The predicted octanol–water partition coefficient (Wildman–Crippen LogP) is 0.0848. The lowest BCUT2D eigenvalue weighted by Crippen LogP contribution is -2.18. The number of nitrogen functional groups attached to an aromatic ring is 1. The lowest BCUT2D eigenvalue weighted by atomic mass is 10.3. The van der Waals surface area contributed by atoms with Crippen LogP contribution < -0.4 is 11.3 Å². The van der Waals surface area contributed by atoms with Crippen LogP contribution in [0.2, 0.25) is 0 Å². The molecule has 1 heterocycles. The molecule has 4 heteroatoms. The van der Waals surface area contributed by atoms with E-state index in [1.807, 2.05) is 0 Å². The summed E-state index contributed by atoms with van der Waals surface area (Å²) in [6.45, 7) is 1.52. The maximum atomic E-state index is 10.8. The van der Waals surface area contributed by atoms with Gasteiger partial charge in [-0.3, -0.25) is 4.79 Å². The van der Waals surface area contributed by atoms with E-state index in [0.29, 0.717) is 11.3 Å². The zero-order chi connectivity index (χ0) is 7.72. The number of rotatable bonds is 0. The zero-order valence-electron chi connectivity index (χ0n) is 5.50. The van der Waals surface area contributed by atoms with Gasteiger partial charge in [-0.25, -0.2) is 0 Å².